The third-order valence-electron chi connectivity index (χ3n) is 4.19. The topological polar surface area (TPSA) is 86.9 Å². The standard InChI is InChI=1S/C15H18F3N5O2/c1-8-20-13(22-21-8)10-3-4-25-11(10)7-23(2)14(24)9-5-12(19-6-9)15(16,17)18/h5-6,10-11,19H,3-4,7H2,1-2H3,(H,20,21,22)/t10-,11-/m1/s1. The number of hydrogen-bond acceptors (Lipinski definition) is 4. The highest BCUT2D eigenvalue weighted by Gasteiger charge is 2.36. The number of carbonyl (C=O) groups excluding carboxylic acids is 1. The fourth-order valence-electron chi connectivity index (χ4n) is 2.90. The van der Waals surface area contributed by atoms with Crippen molar-refractivity contribution in [2.24, 2.45) is 0 Å². The molecule has 25 heavy (non-hydrogen) atoms. The predicted octanol–water partition coefficient (Wildman–Crippen LogP) is 2.10. The summed E-state index contributed by atoms with van der Waals surface area (Å²) < 4.78 is 43.6. The van der Waals surface area contributed by atoms with Gasteiger partial charge in [0.15, 0.2) is 5.82 Å². The van der Waals surface area contributed by atoms with Gasteiger partial charge >= 0.3 is 6.18 Å². The molecule has 7 nitrogen and oxygen atoms in total. The van der Waals surface area contributed by atoms with Gasteiger partial charge in [0.05, 0.1) is 17.6 Å². The molecule has 2 aromatic heterocycles. The number of nitrogens with zero attached hydrogens (tertiary/aromatic N) is 3. The number of halogens is 3. The smallest absolute Gasteiger partial charge is 0.376 e. The van der Waals surface area contributed by atoms with Gasteiger partial charge in [-0.1, -0.05) is 0 Å². The summed E-state index contributed by atoms with van der Waals surface area (Å²) in [6.07, 6.45) is -3.02. The summed E-state index contributed by atoms with van der Waals surface area (Å²) in [4.78, 5) is 20.1. The number of aromatic amines is 2. The normalized spacial score (nSPS) is 20.8. The summed E-state index contributed by atoms with van der Waals surface area (Å²) in [5, 5.41) is 6.92. The number of aryl methyl sites for hydroxylation is 1. The molecule has 0 unspecified atom stereocenters. The van der Waals surface area contributed by atoms with Crippen molar-refractivity contribution in [3.63, 3.8) is 0 Å². The maximum atomic E-state index is 12.6. The van der Waals surface area contributed by atoms with Gasteiger partial charge in [0.25, 0.3) is 5.91 Å². The minimum absolute atomic E-state index is 0.0434. The highest BCUT2D eigenvalue weighted by Crippen LogP contribution is 2.31. The van der Waals surface area contributed by atoms with Crippen LogP contribution in [0.1, 0.15) is 40.0 Å². The van der Waals surface area contributed by atoms with E-state index in [1.807, 2.05) is 0 Å². The lowest BCUT2D eigenvalue weighted by molar-refractivity contribution is -0.140. The lowest BCUT2D eigenvalue weighted by Crippen LogP contribution is -2.36. The Morgan fingerprint density at radius 1 is 1.48 bits per heavy atom. The number of alkyl halides is 3. The summed E-state index contributed by atoms with van der Waals surface area (Å²) >= 11 is 0. The first-order valence-electron chi connectivity index (χ1n) is 7.77. The van der Waals surface area contributed by atoms with Crippen molar-refractivity contribution in [2.75, 3.05) is 20.2 Å². The summed E-state index contributed by atoms with van der Waals surface area (Å²) in [5.41, 5.74) is -0.992. The van der Waals surface area contributed by atoms with Gasteiger partial charge in [-0.3, -0.25) is 9.89 Å². The average Bonchev–Trinajstić information content (AvgIpc) is 3.25. The van der Waals surface area contributed by atoms with Crippen molar-refractivity contribution in [1.29, 1.82) is 0 Å². The van der Waals surface area contributed by atoms with Crippen molar-refractivity contribution >= 4 is 5.91 Å². The van der Waals surface area contributed by atoms with Crippen molar-refractivity contribution < 1.29 is 22.7 Å². The van der Waals surface area contributed by atoms with Crippen LogP contribution in [0.15, 0.2) is 12.3 Å². The van der Waals surface area contributed by atoms with Crippen LogP contribution in [-0.4, -0.2) is 57.3 Å². The molecule has 0 aliphatic carbocycles. The Balaban J connectivity index is 1.67. The fourth-order valence-corrected chi connectivity index (χ4v) is 2.90. The molecule has 1 fully saturated rings. The van der Waals surface area contributed by atoms with Crippen LogP contribution in [-0.2, 0) is 10.9 Å². The number of ether oxygens (including phenoxy) is 1. The van der Waals surface area contributed by atoms with Gasteiger partial charge in [-0.05, 0) is 19.4 Å². The van der Waals surface area contributed by atoms with E-state index in [0.717, 1.165) is 18.7 Å². The molecule has 0 aromatic carbocycles. The lowest BCUT2D eigenvalue weighted by atomic mass is 10.0. The summed E-state index contributed by atoms with van der Waals surface area (Å²) in [6, 6.07) is 0.810. The maximum Gasteiger partial charge on any atom is 0.431 e. The Bertz CT molecular complexity index is 754. The Morgan fingerprint density at radius 2 is 2.24 bits per heavy atom. The molecule has 1 amide bonds. The molecule has 2 N–H and O–H groups in total. The average molecular weight is 357 g/mol. The van der Waals surface area contributed by atoms with E-state index in [0.29, 0.717) is 18.3 Å². The molecule has 10 heteroatoms. The number of aromatic nitrogens is 4. The van der Waals surface area contributed by atoms with Crippen LogP contribution in [0.4, 0.5) is 13.2 Å². The van der Waals surface area contributed by atoms with E-state index in [1.54, 1.807) is 6.92 Å². The molecule has 136 valence electrons. The van der Waals surface area contributed by atoms with Gasteiger partial charge in [0.1, 0.15) is 11.5 Å². The second-order valence-electron chi connectivity index (χ2n) is 6.07. The molecule has 0 bridgehead atoms. The Labute approximate surface area is 141 Å². The third kappa shape index (κ3) is 3.68. The van der Waals surface area contributed by atoms with Gasteiger partial charge in [-0.15, -0.1) is 0 Å². The first-order chi connectivity index (χ1) is 11.8. The molecule has 1 saturated heterocycles. The van der Waals surface area contributed by atoms with Crippen LogP contribution in [0, 0.1) is 6.92 Å². The van der Waals surface area contributed by atoms with E-state index in [9.17, 15) is 18.0 Å². The molecule has 1 aliphatic heterocycles. The number of amides is 1. The molecule has 2 atom stereocenters. The Hall–Kier alpha value is -2.36. The lowest BCUT2D eigenvalue weighted by Gasteiger charge is -2.23. The summed E-state index contributed by atoms with van der Waals surface area (Å²) in [5.74, 6) is 0.753. The second kappa shape index (κ2) is 6.51. The van der Waals surface area contributed by atoms with Crippen LogP contribution >= 0.6 is 0 Å². The second-order valence-corrected chi connectivity index (χ2v) is 6.07. The van der Waals surface area contributed by atoms with Crippen molar-refractivity contribution in [3.8, 4) is 0 Å². The Kier molecular flexibility index (Phi) is 4.55. The molecule has 0 radical (unpaired) electrons. The summed E-state index contributed by atoms with van der Waals surface area (Å²) in [6.45, 7) is 2.55. The zero-order chi connectivity index (χ0) is 18.2. The maximum absolute atomic E-state index is 12.6. The minimum atomic E-state index is -4.51. The molecule has 3 heterocycles. The van der Waals surface area contributed by atoms with Crippen LogP contribution in [0.3, 0.4) is 0 Å². The van der Waals surface area contributed by atoms with Crippen molar-refractivity contribution in [1.82, 2.24) is 25.1 Å². The van der Waals surface area contributed by atoms with E-state index in [4.69, 9.17) is 4.74 Å². The number of likely N-dealkylation sites (N-methyl/N-ethyl adjacent to an activating group) is 1. The highest BCUT2D eigenvalue weighted by molar-refractivity contribution is 5.94. The number of H-pyrrole nitrogens is 2. The number of rotatable bonds is 4. The third-order valence-corrected chi connectivity index (χ3v) is 4.19. The molecular formula is C15H18F3N5O2. The van der Waals surface area contributed by atoms with Crippen LogP contribution in [0.5, 0.6) is 0 Å². The van der Waals surface area contributed by atoms with Crippen molar-refractivity contribution in [2.45, 2.75) is 31.5 Å². The minimum Gasteiger partial charge on any atom is -0.376 e. The monoisotopic (exact) mass is 357 g/mol. The fraction of sp³-hybridized carbons (Fsp3) is 0.533. The molecule has 1 aliphatic rings. The van der Waals surface area contributed by atoms with Crippen LogP contribution < -0.4 is 0 Å². The number of nitrogens with one attached hydrogen (secondary N) is 2. The Morgan fingerprint density at radius 3 is 2.84 bits per heavy atom. The van der Waals surface area contributed by atoms with E-state index < -0.39 is 17.8 Å². The first-order valence-corrected chi connectivity index (χ1v) is 7.77. The van der Waals surface area contributed by atoms with E-state index in [1.165, 1.54) is 11.9 Å². The highest BCUT2D eigenvalue weighted by atomic mass is 19.4. The summed E-state index contributed by atoms with van der Waals surface area (Å²) in [7, 11) is 1.53. The largest absolute Gasteiger partial charge is 0.431 e. The van der Waals surface area contributed by atoms with Crippen molar-refractivity contribution in [3.05, 3.63) is 35.2 Å². The molecular weight excluding hydrogens is 339 g/mol. The predicted molar refractivity (Wildman–Crippen MR) is 81.0 cm³/mol. The number of carbonyl (C=O) groups is 1. The van der Waals surface area contributed by atoms with Gasteiger partial charge in [-0.2, -0.15) is 18.3 Å². The zero-order valence-electron chi connectivity index (χ0n) is 13.7. The van der Waals surface area contributed by atoms with Gasteiger partial charge < -0.3 is 14.6 Å². The van der Waals surface area contributed by atoms with E-state index in [2.05, 4.69) is 20.2 Å². The molecule has 3 rings (SSSR count). The van der Waals surface area contributed by atoms with Crippen LogP contribution in [0.2, 0.25) is 0 Å². The SMILES string of the molecule is Cc1nc([C@@H]2CCO[C@@H]2CN(C)C(=O)c2c[nH]c(C(F)(F)F)c2)n[nH]1. The molecule has 2 aromatic rings. The van der Waals surface area contributed by atoms with E-state index >= 15 is 0 Å². The van der Waals surface area contributed by atoms with E-state index in [-0.39, 0.29) is 24.1 Å². The van der Waals surface area contributed by atoms with Gasteiger partial charge in [0, 0.05) is 26.4 Å². The molecule has 0 saturated carbocycles. The first kappa shape index (κ1) is 17.5. The molecule has 0 spiro atoms. The number of hydrogen-bond donors (Lipinski definition) is 2. The zero-order valence-corrected chi connectivity index (χ0v) is 13.7. The quantitative estimate of drug-likeness (QED) is 0.877. The van der Waals surface area contributed by atoms with Gasteiger partial charge in [0.2, 0.25) is 0 Å². The van der Waals surface area contributed by atoms with Gasteiger partial charge in [-0.25, -0.2) is 4.98 Å². The van der Waals surface area contributed by atoms with Crippen LogP contribution in [0.25, 0.3) is 0 Å².